The predicted octanol–water partition coefficient (Wildman–Crippen LogP) is 1.75. The molecule has 1 aromatic carbocycles. The summed E-state index contributed by atoms with van der Waals surface area (Å²) >= 11 is 1.48. The van der Waals surface area contributed by atoms with E-state index in [0.29, 0.717) is 16.5 Å². The molecule has 1 fully saturated rings. The minimum absolute atomic E-state index is 0.126. The number of ketones is 1. The number of amides is 2. The summed E-state index contributed by atoms with van der Waals surface area (Å²) in [5.74, 6) is -0.488. The van der Waals surface area contributed by atoms with Gasteiger partial charge in [0.05, 0.1) is 13.7 Å². The summed E-state index contributed by atoms with van der Waals surface area (Å²) in [5, 5.41) is 7.07. The van der Waals surface area contributed by atoms with Gasteiger partial charge in [-0.15, -0.1) is 5.10 Å². The van der Waals surface area contributed by atoms with Crippen molar-refractivity contribution in [2.75, 3.05) is 33.1 Å². The predicted molar refractivity (Wildman–Crippen MR) is 111 cm³/mol. The van der Waals surface area contributed by atoms with Crippen molar-refractivity contribution in [3.63, 3.8) is 0 Å². The van der Waals surface area contributed by atoms with E-state index < -0.39 is 23.8 Å². The Morgan fingerprint density at radius 3 is 2.62 bits per heavy atom. The summed E-state index contributed by atoms with van der Waals surface area (Å²) in [7, 11) is 3.29. The number of nitrogens with zero attached hydrogens (tertiary/aromatic N) is 2. The number of carbonyl (C=O) groups is 3. The maximum absolute atomic E-state index is 12.8. The van der Waals surface area contributed by atoms with Crippen molar-refractivity contribution in [2.24, 2.45) is 11.0 Å². The third-order valence-electron chi connectivity index (χ3n) is 3.98. The molecule has 1 heterocycles. The third-order valence-corrected chi connectivity index (χ3v) is 5.03. The molecule has 29 heavy (non-hydrogen) atoms. The summed E-state index contributed by atoms with van der Waals surface area (Å²) in [5.41, 5.74) is 2.61. The highest BCUT2D eigenvalue weighted by Gasteiger charge is 2.31. The van der Waals surface area contributed by atoms with Crippen LogP contribution >= 0.6 is 11.8 Å². The number of alkyl carbamates (subject to hydrolysis) is 1. The van der Waals surface area contributed by atoms with Crippen LogP contribution in [0.25, 0.3) is 0 Å². The minimum Gasteiger partial charge on any atom is -0.496 e. The van der Waals surface area contributed by atoms with E-state index in [1.54, 1.807) is 24.3 Å². The molecule has 0 spiro atoms. The molecular weight excluding hydrogens is 396 g/mol. The first-order valence-electron chi connectivity index (χ1n) is 9.15. The first-order chi connectivity index (χ1) is 13.8. The molecule has 1 atom stereocenters. The van der Waals surface area contributed by atoms with Crippen LogP contribution in [0.5, 0.6) is 5.75 Å². The van der Waals surface area contributed by atoms with Crippen LogP contribution in [0.4, 0.5) is 4.79 Å². The Morgan fingerprint density at radius 2 is 2.00 bits per heavy atom. The number of carbonyl (C=O) groups excluding carboxylic acids is 3. The molecule has 10 heteroatoms. The zero-order valence-corrected chi connectivity index (χ0v) is 17.7. The van der Waals surface area contributed by atoms with Crippen molar-refractivity contribution in [3.8, 4) is 5.75 Å². The van der Waals surface area contributed by atoms with Crippen LogP contribution in [0.1, 0.15) is 25.5 Å². The standard InChI is InChI=1S/C19H26N4O5S/c1-12(2)11-28-19(26)20-15(13-7-5-6-8-14(13)27-4)16(24)17(25)21-22-18-23(3)9-10-29-18/h5-8,12,15H,9-11H2,1-4H3,(H,20,26)(H,21,25). The minimum atomic E-state index is -1.28. The second kappa shape index (κ2) is 10.7. The van der Waals surface area contributed by atoms with Crippen LogP contribution in [-0.2, 0) is 14.3 Å². The molecule has 158 valence electrons. The fourth-order valence-electron chi connectivity index (χ4n) is 2.47. The Kier molecular flexibility index (Phi) is 8.32. The molecule has 2 N–H and O–H groups in total. The van der Waals surface area contributed by atoms with Gasteiger partial charge in [-0.1, -0.05) is 43.8 Å². The fourth-order valence-corrected chi connectivity index (χ4v) is 3.44. The van der Waals surface area contributed by atoms with E-state index in [9.17, 15) is 14.4 Å². The smallest absolute Gasteiger partial charge is 0.408 e. The molecule has 0 saturated carbocycles. The summed E-state index contributed by atoms with van der Waals surface area (Å²) in [6, 6.07) is 5.37. The van der Waals surface area contributed by atoms with Crippen molar-refractivity contribution >= 4 is 34.7 Å². The third kappa shape index (κ3) is 6.38. The summed E-state index contributed by atoms with van der Waals surface area (Å²) in [4.78, 5) is 39.3. The molecule has 0 radical (unpaired) electrons. The number of nitrogens with one attached hydrogen (secondary N) is 2. The van der Waals surface area contributed by atoms with Gasteiger partial charge in [0.25, 0.3) is 0 Å². The Morgan fingerprint density at radius 1 is 1.28 bits per heavy atom. The van der Waals surface area contributed by atoms with E-state index in [-0.39, 0.29) is 12.5 Å². The quantitative estimate of drug-likeness (QED) is 0.485. The molecule has 1 aliphatic heterocycles. The van der Waals surface area contributed by atoms with E-state index in [1.165, 1.54) is 18.9 Å². The van der Waals surface area contributed by atoms with Crippen LogP contribution in [0, 0.1) is 5.92 Å². The van der Waals surface area contributed by atoms with E-state index in [4.69, 9.17) is 9.47 Å². The number of amidine groups is 1. The maximum Gasteiger partial charge on any atom is 0.408 e. The molecule has 0 aliphatic carbocycles. The lowest BCUT2D eigenvalue weighted by atomic mass is 10.0. The number of para-hydroxylation sites is 1. The number of benzene rings is 1. The molecule has 1 saturated heterocycles. The maximum atomic E-state index is 12.8. The number of hydrogen-bond donors (Lipinski definition) is 2. The second-order valence-electron chi connectivity index (χ2n) is 6.78. The summed E-state index contributed by atoms with van der Waals surface area (Å²) in [6.07, 6.45) is -0.798. The van der Waals surface area contributed by atoms with Gasteiger partial charge in [-0.25, -0.2) is 10.2 Å². The van der Waals surface area contributed by atoms with E-state index in [1.807, 2.05) is 25.8 Å². The Balaban J connectivity index is 2.20. The molecule has 0 bridgehead atoms. The Bertz CT molecular complexity index is 784. The molecule has 2 rings (SSSR count). The first-order valence-corrected chi connectivity index (χ1v) is 10.1. The highest BCUT2D eigenvalue weighted by atomic mass is 32.2. The van der Waals surface area contributed by atoms with Gasteiger partial charge in [-0.3, -0.25) is 9.59 Å². The van der Waals surface area contributed by atoms with Crippen molar-refractivity contribution < 1.29 is 23.9 Å². The normalized spacial score (nSPS) is 15.9. The average molecular weight is 423 g/mol. The van der Waals surface area contributed by atoms with Crippen molar-refractivity contribution in [2.45, 2.75) is 19.9 Å². The van der Waals surface area contributed by atoms with Gasteiger partial charge < -0.3 is 19.7 Å². The van der Waals surface area contributed by atoms with E-state index in [2.05, 4.69) is 15.8 Å². The molecule has 2 amide bonds. The van der Waals surface area contributed by atoms with Crippen LogP contribution in [-0.4, -0.2) is 60.9 Å². The molecule has 1 aliphatic rings. The fraction of sp³-hybridized carbons (Fsp3) is 0.474. The van der Waals surface area contributed by atoms with Crippen LogP contribution < -0.4 is 15.5 Å². The van der Waals surface area contributed by atoms with E-state index in [0.717, 1.165) is 12.3 Å². The van der Waals surface area contributed by atoms with Gasteiger partial charge in [0.15, 0.2) is 5.17 Å². The highest BCUT2D eigenvalue weighted by Crippen LogP contribution is 2.26. The molecule has 1 unspecified atom stereocenters. The van der Waals surface area contributed by atoms with Gasteiger partial charge in [0, 0.05) is 24.9 Å². The van der Waals surface area contributed by atoms with Gasteiger partial charge in [-0.05, 0) is 12.0 Å². The average Bonchev–Trinajstić information content (AvgIpc) is 3.12. The van der Waals surface area contributed by atoms with Gasteiger partial charge in [0.2, 0.25) is 5.78 Å². The zero-order valence-electron chi connectivity index (χ0n) is 16.9. The number of thioether (sulfide) groups is 1. The summed E-state index contributed by atoms with van der Waals surface area (Å²) in [6.45, 7) is 4.77. The van der Waals surface area contributed by atoms with Crippen LogP contribution in [0.3, 0.4) is 0 Å². The molecular formula is C19H26N4O5S. The number of hydrazone groups is 1. The molecule has 9 nitrogen and oxygen atoms in total. The monoisotopic (exact) mass is 422 g/mol. The number of methoxy groups -OCH3 is 1. The lowest BCUT2D eigenvalue weighted by Gasteiger charge is -2.20. The highest BCUT2D eigenvalue weighted by molar-refractivity contribution is 8.14. The Hall–Kier alpha value is -2.75. The second-order valence-corrected chi connectivity index (χ2v) is 7.84. The lowest BCUT2D eigenvalue weighted by molar-refractivity contribution is -0.139. The lowest BCUT2D eigenvalue weighted by Crippen LogP contribution is -2.41. The number of ether oxygens (including phenoxy) is 2. The SMILES string of the molecule is COc1ccccc1C(NC(=O)OCC(C)C)C(=O)C(=O)NN=C1SCCN1C. The van der Waals surface area contributed by atoms with Crippen LogP contribution in [0.15, 0.2) is 29.4 Å². The molecule has 1 aromatic rings. The van der Waals surface area contributed by atoms with Gasteiger partial charge in [0.1, 0.15) is 11.8 Å². The van der Waals surface area contributed by atoms with Gasteiger partial charge in [-0.2, -0.15) is 0 Å². The topological polar surface area (TPSA) is 109 Å². The van der Waals surface area contributed by atoms with Crippen molar-refractivity contribution in [1.29, 1.82) is 0 Å². The van der Waals surface area contributed by atoms with Crippen molar-refractivity contribution in [1.82, 2.24) is 15.6 Å². The van der Waals surface area contributed by atoms with Crippen LogP contribution in [0.2, 0.25) is 0 Å². The number of hydrogen-bond acceptors (Lipinski definition) is 7. The first kappa shape index (κ1) is 22.5. The Labute approximate surface area is 174 Å². The van der Waals surface area contributed by atoms with Crippen molar-refractivity contribution in [3.05, 3.63) is 29.8 Å². The number of rotatable bonds is 8. The zero-order chi connectivity index (χ0) is 21.4. The summed E-state index contributed by atoms with van der Waals surface area (Å²) < 4.78 is 10.4. The van der Waals surface area contributed by atoms with E-state index >= 15 is 0 Å². The molecule has 0 aromatic heterocycles. The number of Topliss-reactive ketones (excluding diaryl/α,β-unsaturated/α-hetero) is 1. The largest absolute Gasteiger partial charge is 0.496 e. The van der Waals surface area contributed by atoms with Gasteiger partial charge >= 0.3 is 12.0 Å².